The van der Waals surface area contributed by atoms with Crippen LogP contribution < -0.4 is 5.73 Å². The summed E-state index contributed by atoms with van der Waals surface area (Å²) in [5.74, 6) is 1.12. The van der Waals surface area contributed by atoms with Gasteiger partial charge in [0.2, 0.25) is 0 Å². The predicted octanol–water partition coefficient (Wildman–Crippen LogP) is 4.48. The molecule has 3 nitrogen and oxygen atoms in total. The van der Waals surface area contributed by atoms with Crippen LogP contribution in [-0.2, 0) is 0 Å². The minimum absolute atomic E-state index is 0.0491. The number of pyridine rings is 1. The Morgan fingerprint density at radius 2 is 1.93 bits per heavy atom. The van der Waals surface area contributed by atoms with Gasteiger partial charge in [-0.15, -0.1) is 0 Å². The molecule has 5 rings (SSSR count). The Kier molecular flexibility index (Phi) is 3.77. The molecule has 1 aromatic rings. The third kappa shape index (κ3) is 2.25. The third-order valence-corrected chi connectivity index (χ3v) is 8.97. The summed E-state index contributed by atoms with van der Waals surface area (Å²) < 4.78 is 0. The lowest BCUT2D eigenvalue weighted by Crippen LogP contribution is -2.67. The van der Waals surface area contributed by atoms with Crippen molar-refractivity contribution in [2.45, 2.75) is 70.4 Å². The van der Waals surface area contributed by atoms with Gasteiger partial charge >= 0.3 is 0 Å². The topological polar surface area (TPSA) is 59.1 Å². The first-order valence-electron chi connectivity index (χ1n) is 10.7. The number of fused-ring (bicyclic) bond motifs is 5. The van der Waals surface area contributed by atoms with E-state index in [4.69, 9.17) is 5.73 Å². The lowest BCUT2D eigenvalue weighted by Gasteiger charge is -2.63. The number of aromatic nitrogens is 1. The number of rotatable bonds is 1. The fourth-order valence-corrected chi connectivity index (χ4v) is 7.21. The van der Waals surface area contributed by atoms with E-state index in [0.29, 0.717) is 11.8 Å². The van der Waals surface area contributed by atoms with Crippen molar-refractivity contribution in [3.63, 3.8) is 0 Å². The van der Waals surface area contributed by atoms with Gasteiger partial charge in [-0.25, -0.2) is 0 Å². The van der Waals surface area contributed by atoms with Gasteiger partial charge in [-0.2, -0.15) is 0 Å². The van der Waals surface area contributed by atoms with Crippen molar-refractivity contribution in [2.24, 2.45) is 28.4 Å². The largest absolute Gasteiger partial charge is 0.393 e. The summed E-state index contributed by atoms with van der Waals surface area (Å²) in [6.07, 6.45) is 15.8. The van der Waals surface area contributed by atoms with Crippen molar-refractivity contribution in [3.8, 4) is 0 Å². The van der Waals surface area contributed by atoms with Crippen molar-refractivity contribution in [2.75, 3.05) is 0 Å². The van der Waals surface area contributed by atoms with Crippen molar-refractivity contribution in [3.05, 3.63) is 47.8 Å². The molecule has 0 aliphatic heterocycles. The molecule has 0 unspecified atom stereocenters. The Labute approximate surface area is 162 Å². The lowest BCUT2D eigenvalue weighted by atomic mass is 9.44. The van der Waals surface area contributed by atoms with E-state index in [9.17, 15) is 5.11 Å². The number of hydrogen-bond acceptors (Lipinski definition) is 3. The van der Waals surface area contributed by atoms with Crippen molar-refractivity contribution in [1.82, 2.24) is 4.98 Å². The third-order valence-electron chi connectivity index (χ3n) is 8.97. The van der Waals surface area contributed by atoms with Crippen LogP contribution in [0.5, 0.6) is 0 Å². The van der Waals surface area contributed by atoms with Crippen LogP contribution in [0.1, 0.15) is 64.4 Å². The summed E-state index contributed by atoms with van der Waals surface area (Å²) in [4.78, 5) is 4.37. The molecule has 1 heterocycles. The second kappa shape index (κ2) is 5.78. The molecular formula is C24H32N2O. The van der Waals surface area contributed by atoms with Gasteiger partial charge < -0.3 is 10.8 Å². The molecule has 2 fully saturated rings. The molecule has 144 valence electrons. The molecule has 0 saturated heterocycles. The highest BCUT2D eigenvalue weighted by Gasteiger charge is 2.63. The maximum atomic E-state index is 10.2. The lowest BCUT2D eigenvalue weighted by molar-refractivity contribution is -0.0462. The summed E-state index contributed by atoms with van der Waals surface area (Å²) in [6, 6.07) is 4.26. The highest BCUT2D eigenvalue weighted by atomic mass is 16.3. The first-order valence-corrected chi connectivity index (χ1v) is 10.7. The van der Waals surface area contributed by atoms with E-state index in [1.54, 1.807) is 0 Å². The average Bonchev–Trinajstić information content (AvgIpc) is 3.01. The van der Waals surface area contributed by atoms with Gasteiger partial charge in [0.15, 0.2) is 0 Å². The number of allylic oxidation sites excluding steroid dienone is 3. The fraction of sp³-hybridized carbons (Fsp3) is 0.625. The van der Waals surface area contributed by atoms with Crippen LogP contribution in [0.3, 0.4) is 0 Å². The van der Waals surface area contributed by atoms with Crippen LogP contribution in [-0.4, -0.2) is 21.7 Å². The van der Waals surface area contributed by atoms with E-state index >= 15 is 0 Å². The van der Waals surface area contributed by atoms with Gasteiger partial charge in [0.1, 0.15) is 0 Å². The molecule has 0 radical (unpaired) electrons. The van der Waals surface area contributed by atoms with Gasteiger partial charge in [-0.05, 0) is 79.4 Å². The molecule has 2 saturated carbocycles. The van der Waals surface area contributed by atoms with Crippen LogP contribution in [0.15, 0.2) is 42.3 Å². The minimum Gasteiger partial charge on any atom is -0.393 e. The van der Waals surface area contributed by atoms with Crippen molar-refractivity contribution < 1.29 is 5.11 Å². The molecule has 0 aromatic carbocycles. The highest BCUT2D eigenvalue weighted by molar-refractivity contribution is 5.72. The number of hydrogen-bond donors (Lipinski definition) is 2. The van der Waals surface area contributed by atoms with Gasteiger partial charge in [-0.3, -0.25) is 4.98 Å². The van der Waals surface area contributed by atoms with Gasteiger partial charge in [0.25, 0.3) is 0 Å². The van der Waals surface area contributed by atoms with E-state index < -0.39 is 0 Å². The van der Waals surface area contributed by atoms with Crippen LogP contribution in [0.25, 0.3) is 5.57 Å². The SMILES string of the molecule is C[C@]12CC[C@H](O)CC1=CC[C@H]1[C@@H]3CC=C(c4cccnc4)[C@@]3(C)CC[C@@]12N. The molecule has 6 atom stereocenters. The Balaban J connectivity index is 1.52. The molecule has 3 heteroatoms. The Morgan fingerprint density at radius 1 is 1.11 bits per heavy atom. The monoisotopic (exact) mass is 364 g/mol. The van der Waals surface area contributed by atoms with Crippen molar-refractivity contribution >= 4 is 5.57 Å². The molecule has 27 heavy (non-hydrogen) atoms. The fourth-order valence-electron chi connectivity index (χ4n) is 7.21. The number of nitrogens with two attached hydrogens (primary N) is 1. The zero-order chi connectivity index (χ0) is 18.9. The summed E-state index contributed by atoms with van der Waals surface area (Å²) in [6.45, 7) is 4.86. The summed E-state index contributed by atoms with van der Waals surface area (Å²) in [5, 5.41) is 10.2. The summed E-state index contributed by atoms with van der Waals surface area (Å²) >= 11 is 0. The number of aliphatic hydroxyl groups is 1. The van der Waals surface area contributed by atoms with Crippen LogP contribution in [0.2, 0.25) is 0 Å². The Morgan fingerprint density at radius 3 is 2.70 bits per heavy atom. The average molecular weight is 365 g/mol. The van der Waals surface area contributed by atoms with Crippen LogP contribution in [0, 0.1) is 22.7 Å². The zero-order valence-electron chi connectivity index (χ0n) is 16.6. The maximum Gasteiger partial charge on any atom is 0.0577 e. The van der Waals surface area contributed by atoms with E-state index in [2.05, 4.69) is 37.0 Å². The molecule has 1 aromatic heterocycles. The molecular weight excluding hydrogens is 332 g/mol. The summed E-state index contributed by atoms with van der Waals surface area (Å²) in [5.41, 5.74) is 11.7. The van der Waals surface area contributed by atoms with E-state index in [-0.39, 0.29) is 22.5 Å². The van der Waals surface area contributed by atoms with E-state index in [0.717, 1.165) is 44.9 Å². The number of aliphatic hydroxyl groups excluding tert-OH is 1. The minimum atomic E-state index is -0.177. The molecule has 0 bridgehead atoms. The van der Waals surface area contributed by atoms with Gasteiger partial charge in [0.05, 0.1) is 6.10 Å². The second-order valence-electron chi connectivity index (χ2n) is 9.96. The molecule has 0 amide bonds. The van der Waals surface area contributed by atoms with Crippen LogP contribution >= 0.6 is 0 Å². The smallest absolute Gasteiger partial charge is 0.0577 e. The van der Waals surface area contributed by atoms with E-state index in [1.807, 2.05) is 18.5 Å². The van der Waals surface area contributed by atoms with Crippen molar-refractivity contribution in [1.29, 1.82) is 0 Å². The number of nitrogens with zero attached hydrogens (tertiary/aromatic N) is 1. The molecule has 4 aliphatic rings. The summed E-state index contributed by atoms with van der Waals surface area (Å²) in [7, 11) is 0. The second-order valence-corrected chi connectivity index (χ2v) is 9.96. The first-order chi connectivity index (χ1) is 12.9. The Bertz CT molecular complexity index is 815. The molecule has 0 spiro atoms. The van der Waals surface area contributed by atoms with Gasteiger partial charge in [-0.1, -0.05) is 37.6 Å². The quantitative estimate of drug-likeness (QED) is 0.722. The Hall–Kier alpha value is -1.45. The predicted molar refractivity (Wildman–Crippen MR) is 109 cm³/mol. The van der Waals surface area contributed by atoms with Crippen LogP contribution in [0.4, 0.5) is 0 Å². The van der Waals surface area contributed by atoms with Gasteiger partial charge in [0, 0.05) is 23.3 Å². The maximum absolute atomic E-state index is 10.2. The first kappa shape index (κ1) is 17.6. The standard InChI is InChI=1S/C24H32N2O/c1-22-11-12-24(25)21(6-5-17-14-18(27)9-10-23(17,24)2)20(22)8-7-19(22)16-4-3-13-26-15-16/h3-5,7,13,15,18,20-21,27H,6,8-12,14,25H2,1-2H3/t18-,20-,21-,22+,23-,24+/m0/s1. The normalized spacial score (nSPS) is 46.0. The molecule has 4 aliphatic carbocycles. The van der Waals surface area contributed by atoms with E-state index in [1.165, 1.54) is 16.7 Å². The zero-order valence-corrected chi connectivity index (χ0v) is 16.6. The highest BCUT2D eigenvalue weighted by Crippen LogP contribution is 2.66. The molecule has 3 N–H and O–H groups in total.